The molecule has 2 N–H and O–H groups in total. The first kappa shape index (κ1) is 16.7. The van der Waals surface area contributed by atoms with Crippen molar-refractivity contribution in [2.24, 2.45) is 5.73 Å². The average Bonchev–Trinajstić information content (AvgIpc) is 2.34. The van der Waals surface area contributed by atoms with E-state index in [0.717, 1.165) is 12.1 Å². The van der Waals surface area contributed by atoms with Crippen LogP contribution < -0.4 is 5.73 Å². The zero-order valence-electron chi connectivity index (χ0n) is 11.7. The van der Waals surface area contributed by atoms with Gasteiger partial charge in [0.05, 0.1) is 22.8 Å². The van der Waals surface area contributed by atoms with E-state index in [0.29, 0.717) is 23.2 Å². The molecule has 1 atom stereocenters. The van der Waals surface area contributed by atoms with Crippen molar-refractivity contribution < 1.29 is 4.74 Å². The molecular formula is C14H22Cl2N2O. The summed E-state index contributed by atoms with van der Waals surface area (Å²) in [5, 5.41) is 1.12. The molecule has 1 aromatic rings. The standard InChI is InChI=1S/C14H22Cl2N2O/c1-10(2)19-7-6-18(3)14(9-17)11-4-5-12(15)13(16)8-11/h4-5,8,10,14H,6-7,9,17H2,1-3H3. The van der Waals surface area contributed by atoms with Crippen molar-refractivity contribution in [2.75, 3.05) is 26.7 Å². The van der Waals surface area contributed by atoms with Gasteiger partial charge in [-0.2, -0.15) is 0 Å². The molecule has 108 valence electrons. The maximum absolute atomic E-state index is 6.05. The predicted molar refractivity (Wildman–Crippen MR) is 82.0 cm³/mol. The van der Waals surface area contributed by atoms with E-state index in [4.69, 9.17) is 33.7 Å². The Hall–Kier alpha value is -0.320. The summed E-state index contributed by atoms with van der Waals surface area (Å²) in [5.74, 6) is 0. The number of ether oxygens (including phenoxy) is 1. The van der Waals surface area contributed by atoms with Crippen molar-refractivity contribution in [3.05, 3.63) is 33.8 Å². The lowest BCUT2D eigenvalue weighted by atomic mass is 10.1. The Kier molecular flexibility index (Phi) is 7.11. The molecule has 19 heavy (non-hydrogen) atoms. The molecule has 1 rings (SSSR count). The van der Waals surface area contributed by atoms with Crippen LogP contribution in [0.2, 0.25) is 10.0 Å². The fourth-order valence-electron chi connectivity index (χ4n) is 1.88. The molecule has 3 nitrogen and oxygen atoms in total. The van der Waals surface area contributed by atoms with Crippen molar-refractivity contribution in [1.29, 1.82) is 0 Å². The number of rotatable bonds is 7. The fraction of sp³-hybridized carbons (Fsp3) is 0.571. The number of benzene rings is 1. The quantitative estimate of drug-likeness (QED) is 0.839. The molecule has 1 aromatic carbocycles. The van der Waals surface area contributed by atoms with Gasteiger partial charge in [0.25, 0.3) is 0 Å². The monoisotopic (exact) mass is 304 g/mol. The molecule has 5 heteroatoms. The lowest BCUT2D eigenvalue weighted by molar-refractivity contribution is 0.0564. The third kappa shape index (κ3) is 5.28. The maximum Gasteiger partial charge on any atom is 0.0597 e. The molecule has 0 bridgehead atoms. The lowest BCUT2D eigenvalue weighted by Crippen LogP contribution is -2.33. The van der Waals surface area contributed by atoms with Crippen LogP contribution in [-0.4, -0.2) is 37.7 Å². The number of hydrogen-bond donors (Lipinski definition) is 1. The van der Waals surface area contributed by atoms with Crippen molar-refractivity contribution in [2.45, 2.75) is 26.0 Å². The lowest BCUT2D eigenvalue weighted by Gasteiger charge is -2.27. The van der Waals surface area contributed by atoms with Gasteiger partial charge in [0.15, 0.2) is 0 Å². The smallest absolute Gasteiger partial charge is 0.0597 e. The molecule has 0 amide bonds. The van der Waals surface area contributed by atoms with E-state index >= 15 is 0 Å². The van der Waals surface area contributed by atoms with E-state index < -0.39 is 0 Å². The topological polar surface area (TPSA) is 38.5 Å². The SMILES string of the molecule is CC(C)OCCN(C)C(CN)c1ccc(Cl)c(Cl)c1. The summed E-state index contributed by atoms with van der Waals surface area (Å²) in [6.07, 6.45) is 0.245. The number of nitrogens with zero attached hydrogens (tertiary/aromatic N) is 1. The molecule has 0 fully saturated rings. The second kappa shape index (κ2) is 8.08. The Balaban J connectivity index is 2.67. The summed E-state index contributed by atoms with van der Waals surface area (Å²) < 4.78 is 5.56. The summed E-state index contributed by atoms with van der Waals surface area (Å²) in [6.45, 7) is 6.08. The van der Waals surface area contributed by atoms with Crippen LogP contribution in [0.15, 0.2) is 18.2 Å². The second-order valence-corrected chi connectivity index (χ2v) is 5.64. The van der Waals surface area contributed by atoms with Gasteiger partial charge in [-0.05, 0) is 38.6 Å². The minimum atomic E-state index is 0.116. The summed E-state index contributed by atoms with van der Waals surface area (Å²) >= 11 is 12.0. The predicted octanol–water partition coefficient (Wildman–Crippen LogP) is 3.35. The molecule has 0 aromatic heterocycles. The first-order valence-electron chi connectivity index (χ1n) is 6.42. The molecule has 0 saturated carbocycles. The number of nitrogens with two attached hydrogens (primary N) is 1. The van der Waals surface area contributed by atoms with Crippen LogP contribution >= 0.6 is 23.2 Å². The molecule has 0 radical (unpaired) electrons. The molecule has 0 saturated heterocycles. The van der Waals surface area contributed by atoms with E-state index in [1.54, 1.807) is 6.07 Å². The number of likely N-dealkylation sites (N-methyl/N-ethyl adjacent to an activating group) is 1. The van der Waals surface area contributed by atoms with Gasteiger partial charge < -0.3 is 10.5 Å². The van der Waals surface area contributed by atoms with E-state index in [1.807, 2.05) is 33.0 Å². The average molecular weight is 305 g/mol. The zero-order chi connectivity index (χ0) is 14.4. The van der Waals surface area contributed by atoms with Gasteiger partial charge in [-0.25, -0.2) is 0 Å². The van der Waals surface area contributed by atoms with Gasteiger partial charge in [0.2, 0.25) is 0 Å². The summed E-state index contributed by atoms with van der Waals surface area (Å²) in [6, 6.07) is 5.76. The van der Waals surface area contributed by atoms with Crippen LogP contribution in [0.5, 0.6) is 0 Å². The van der Waals surface area contributed by atoms with Crippen molar-refractivity contribution in [3.63, 3.8) is 0 Å². The minimum Gasteiger partial charge on any atom is -0.377 e. The molecule has 0 aliphatic heterocycles. The van der Waals surface area contributed by atoms with Crippen LogP contribution in [0.4, 0.5) is 0 Å². The second-order valence-electron chi connectivity index (χ2n) is 4.83. The Morgan fingerprint density at radius 1 is 1.26 bits per heavy atom. The summed E-state index contributed by atoms with van der Waals surface area (Å²) in [7, 11) is 2.03. The van der Waals surface area contributed by atoms with Crippen LogP contribution in [0.25, 0.3) is 0 Å². The van der Waals surface area contributed by atoms with Gasteiger partial charge in [-0.1, -0.05) is 29.3 Å². The van der Waals surface area contributed by atoms with Gasteiger partial charge in [-0.15, -0.1) is 0 Å². The summed E-state index contributed by atoms with van der Waals surface area (Å²) in [4.78, 5) is 2.17. The highest BCUT2D eigenvalue weighted by Crippen LogP contribution is 2.27. The van der Waals surface area contributed by atoms with Crippen LogP contribution in [0.1, 0.15) is 25.5 Å². The highest BCUT2D eigenvalue weighted by Gasteiger charge is 2.16. The van der Waals surface area contributed by atoms with Crippen LogP contribution in [0.3, 0.4) is 0 Å². The first-order valence-corrected chi connectivity index (χ1v) is 7.18. The highest BCUT2D eigenvalue weighted by molar-refractivity contribution is 6.42. The highest BCUT2D eigenvalue weighted by atomic mass is 35.5. The van der Waals surface area contributed by atoms with Gasteiger partial charge >= 0.3 is 0 Å². The molecule has 0 heterocycles. The van der Waals surface area contributed by atoms with Crippen LogP contribution in [0, 0.1) is 0 Å². The maximum atomic E-state index is 6.05. The molecular weight excluding hydrogens is 283 g/mol. The molecule has 1 unspecified atom stereocenters. The number of hydrogen-bond acceptors (Lipinski definition) is 3. The zero-order valence-corrected chi connectivity index (χ0v) is 13.2. The summed E-state index contributed by atoms with van der Waals surface area (Å²) in [5.41, 5.74) is 6.94. The van der Waals surface area contributed by atoms with E-state index in [-0.39, 0.29) is 12.1 Å². The van der Waals surface area contributed by atoms with Gasteiger partial charge in [-0.3, -0.25) is 4.90 Å². The van der Waals surface area contributed by atoms with E-state index in [2.05, 4.69) is 4.90 Å². The Labute approximate surface area is 125 Å². The third-order valence-electron chi connectivity index (χ3n) is 2.98. The Bertz CT molecular complexity index is 399. The van der Waals surface area contributed by atoms with Crippen molar-refractivity contribution in [3.8, 4) is 0 Å². The Morgan fingerprint density at radius 3 is 2.47 bits per heavy atom. The molecule has 0 aliphatic carbocycles. The third-order valence-corrected chi connectivity index (χ3v) is 3.72. The normalized spacial score (nSPS) is 13.3. The largest absolute Gasteiger partial charge is 0.377 e. The fourth-order valence-corrected chi connectivity index (χ4v) is 2.18. The van der Waals surface area contributed by atoms with Crippen LogP contribution in [-0.2, 0) is 4.74 Å². The molecule has 0 spiro atoms. The first-order chi connectivity index (χ1) is 8.95. The van der Waals surface area contributed by atoms with E-state index in [1.165, 1.54) is 0 Å². The van der Waals surface area contributed by atoms with Gasteiger partial charge in [0, 0.05) is 19.1 Å². The van der Waals surface area contributed by atoms with Gasteiger partial charge in [0.1, 0.15) is 0 Å². The van der Waals surface area contributed by atoms with E-state index in [9.17, 15) is 0 Å². The van der Waals surface area contributed by atoms with Crippen molar-refractivity contribution >= 4 is 23.2 Å². The minimum absolute atomic E-state index is 0.116. The van der Waals surface area contributed by atoms with Crippen molar-refractivity contribution in [1.82, 2.24) is 4.90 Å². The Morgan fingerprint density at radius 2 is 1.95 bits per heavy atom. The number of halogens is 2. The molecule has 0 aliphatic rings.